The van der Waals surface area contributed by atoms with E-state index in [1.807, 2.05) is 0 Å². The van der Waals surface area contributed by atoms with Crippen LogP contribution in [-0.2, 0) is 9.53 Å². The molecule has 0 saturated carbocycles. The van der Waals surface area contributed by atoms with Gasteiger partial charge >= 0.3 is 0 Å². The van der Waals surface area contributed by atoms with Crippen LogP contribution in [0.3, 0.4) is 0 Å². The van der Waals surface area contributed by atoms with Gasteiger partial charge in [0.15, 0.2) is 5.96 Å². The monoisotopic (exact) mass is 502 g/mol. The second-order valence-electron chi connectivity index (χ2n) is 7.52. The van der Waals surface area contributed by atoms with Crippen LogP contribution in [0, 0.1) is 6.92 Å². The van der Waals surface area contributed by atoms with Crippen LogP contribution >= 0.6 is 24.0 Å². The van der Waals surface area contributed by atoms with Gasteiger partial charge in [0.25, 0.3) is 0 Å². The van der Waals surface area contributed by atoms with Crippen molar-refractivity contribution in [2.24, 2.45) is 4.99 Å². The Kier molecular flexibility index (Phi) is 11.4. The van der Waals surface area contributed by atoms with Gasteiger partial charge in [0.05, 0.1) is 6.10 Å². The van der Waals surface area contributed by atoms with Gasteiger partial charge in [0.1, 0.15) is 6.54 Å². The summed E-state index contributed by atoms with van der Waals surface area (Å²) in [5.74, 6) is 0.989. The molecule has 2 atom stereocenters. The molecule has 6 nitrogen and oxygen atoms in total. The predicted molar refractivity (Wildman–Crippen MR) is 126 cm³/mol. The molecule has 1 fully saturated rings. The number of carbonyl (C=O) groups excluding carboxylic acids is 1. The molecule has 0 radical (unpaired) electrons. The molecular weight excluding hydrogens is 467 g/mol. The van der Waals surface area contributed by atoms with Gasteiger partial charge < -0.3 is 20.3 Å². The molecule has 0 aliphatic carbocycles. The highest BCUT2D eigenvalue weighted by Crippen LogP contribution is 2.15. The third kappa shape index (κ3) is 8.77. The Morgan fingerprint density at radius 1 is 1.25 bits per heavy atom. The molecule has 28 heavy (non-hydrogen) atoms. The number of aliphatic imine (C=N–C) groups is 1. The lowest BCUT2D eigenvalue weighted by Crippen LogP contribution is -2.44. The smallest absolute Gasteiger partial charge is 0.243 e. The van der Waals surface area contributed by atoms with Crippen molar-refractivity contribution in [3.63, 3.8) is 0 Å². The summed E-state index contributed by atoms with van der Waals surface area (Å²) < 4.78 is 5.78. The fraction of sp³-hybridized carbons (Fsp3) is 0.619. The number of nitrogens with zero attached hydrogens (tertiary/aromatic N) is 2. The Balaban J connectivity index is 0.00000392. The van der Waals surface area contributed by atoms with E-state index in [0.29, 0.717) is 18.4 Å². The van der Waals surface area contributed by atoms with Gasteiger partial charge in [0.2, 0.25) is 5.91 Å². The van der Waals surface area contributed by atoms with Crippen molar-refractivity contribution in [1.82, 2.24) is 15.5 Å². The van der Waals surface area contributed by atoms with E-state index < -0.39 is 0 Å². The van der Waals surface area contributed by atoms with Crippen LogP contribution < -0.4 is 10.6 Å². The van der Waals surface area contributed by atoms with E-state index in [1.165, 1.54) is 17.5 Å². The Bertz CT molecular complexity index is 613. The summed E-state index contributed by atoms with van der Waals surface area (Å²) in [4.78, 5) is 17.9. The maximum absolute atomic E-state index is 11.9. The van der Waals surface area contributed by atoms with Crippen LogP contribution in [0.5, 0.6) is 0 Å². The van der Waals surface area contributed by atoms with Crippen molar-refractivity contribution in [3.05, 3.63) is 35.4 Å². The number of halogens is 1. The summed E-state index contributed by atoms with van der Waals surface area (Å²) in [6, 6.07) is 8.60. The molecule has 1 saturated heterocycles. The third-order valence-electron chi connectivity index (χ3n) is 4.86. The molecule has 1 aromatic carbocycles. The van der Waals surface area contributed by atoms with E-state index in [2.05, 4.69) is 53.7 Å². The molecule has 1 aliphatic heterocycles. The van der Waals surface area contributed by atoms with Crippen LogP contribution in [0.4, 0.5) is 0 Å². The van der Waals surface area contributed by atoms with E-state index in [9.17, 15) is 4.79 Å². The fourth-order valence-corrected chi connectivity index (χ4v) is 2.90. The first-order chi connectivity index (χ1) is 13.0. The lowest BCUT2D eigenvalue weighted by Gasteiger charge is -2.24. The molecule has 1 aliphatic rings. The van der Waals surface area contributed by atoms with E-state index in [4.69, 9.17) is 4.74 Å². The first kappa shape index (κ1) is 24.7. The predicted octanol–water partition coefficient (Wildman–Crippen LogP) is 2.91. The van der Waals surface area contributed by atoms with E-state index in [-0.39, 0.29) is 42.5 Å². The zero-order chi connectivity index (χ0) is 19.6. The molecule has 1 aromatic rings. The van der Waals surface area contributed by atoms with Crippen LogP contribution in [-0.4, -0.2) is 63.2 Å². The van der Waals surface area contributed by atoms with Crippen LogP contribution in [0.25, 0.3) is 0 Å². The number of rotatable bonds is 7. The first-order valence-electron chi connectivity index (χ1n) is 9.86. The Morgan fingerprint density at radius 2 is 1.96 bits per heavy atom. The van der Waals surface area contributed by atoms with Crippen molar-refractivity contribution < 1.29 is 9.53 Å². The van der Waals surface area contributed by atoms with Gasteiger partial charge in [-0.15, -0.1) is 24.0 Å². The first-order valence-corrected chi connectivity index (χ1v) is 9.86. The molecule has 1 amide bonds. The Morgan fingerprint density at radius 3 is 2.57 bits per heavy atom. The summed E-state index contributed by atoms with van der Waals surface area (Å²) in [5.41, 5.74) is 2.55. The largest absolute Gasteiger partial charge is 0.376 e. The van der Waals surface area contributed by atoms with Crippen LogP contribution in [0.15, 0.2) is 29.3 Å². The number of hydrogen-bond acceptors (Lipinski definition) is 3. The van der Waals surface area contributed by atoms with Crippen LogP contribution in [0.2, 0.25) is 0 Å². The maximum Gasteiger partial charge on any atom is 0.243 e. The summed E-state index contributed by atoms with van der Waals surface area (Å²) in [5, 5.41) is 6.72. The second kappa shape index (κ2) is 13.0. The van der Waals surface area contributed by atoms with Crippen molar-refractivity contribution in [2.75, 3.05) is 40.3 Å². The van der Waals surface area contributed by atoms with Gasteiger partial charge in [-0.3, -0.25) is 4.79 Å². The summed E-state index contributed by atoms with van der Waals surface area (Å²) in [6.45, 7) is 6.70. The van der Waals surface area contributed by atoms with Gasteiger partial charge in [-0.1, -0.05) is 36.8 Å². The lowest BCUT2D eigenvalue weighted by atomic mass is 10.0. The molecule has 1 heterocycles. The number of carbonyl (C=O) groups is 1. The van der Waals surface area contributed by atoms with Gasteiger partial charge in [-0.25, -0.2) is 4.99 Å². The number of nitrogens with one attached hydrogen (secondary N) is 2. The standard InChI is InChI=1S/C21H34N4O2.HI/c1-16-8-10-18(11-9-16)17(2)13-22-21(24-15-20(26)25(3)4)23-14-19-7-5-6-12-27-19;/h8-11,17,19H,5-7,12-15H2,1-4H3,(H2,22,23,24);1H. The van der Waals surface area contributed by atoms with Crippen molar-refractivity contribution in [3.8, 4) is 0 Å². The molecule has 2 unspecified atom stereocenters. The quantitative estimate of drug-likeness (QED) is 0.342. The molecule has 0 spiro atoms. The minimum absolute atomic E-state index is 0. The average Bonchev–Trinajstić information content (AvgIpc) is 2.68. The molecule has 0 aromatic heterocycles. The zero-order valence-corrected chi connectivity index (χ0v) is 19.9. The number of amides is 1. The number of guanidine groups is 1. The van der Waals surface area contributed by atoms with Gasteiger partial charge in [0, 0.05) is 33.8 Å². The van der Waals surface area contributed by atoms with Gasteiger partial charge in [-0.05, 0) is 37.7 Å². The zero-order valence-electron chi connectivity index (χ0n) is 17.5. The topological polar surface area (TPSA) is 66.0 Å². The highest BCUT2D eigenvalue weighted by atomic mass is 127. The minimum Gasteiger partial charge on any atom is -0.376 e. The Hall–Kier alpha value is -1.35. The highest BCUT2D eigenvalue weighted by Gasteiger charge is 2.15. The maximum atomic E-state index is 11.9. The van der Waals surface area contributed by atoms with E-state index in [0.717, 1.165) is 26.0 Å². The number of likely N-dealkylation sites (N-methyl/N-ethyl adjacent to an activating group) is 1. The number of aryl methyl sites for hydroxylation is 1. The molecule has 2 rings (SSSR count). The normalized spacial score (nSPS) is 18.0. The molecule has 2 N–H and O–H groups in total. The molecule has 7 heteroatoms. The average molecular weight is 502 g/mol. The van der Waals surface area contributed by atoms with E-state index >= 15 is 0 Å². The number of benzene rings is 1. The minimum atomic E-state index is -0.0170. The summed E-state index contributed by atoms with van der Waals surface area (Å²) in [7, 11) is 3.49. The molecule has 158 valence electrons. The second-order valence-corrected chi connectivity index (χ2v) is 7.52. The van der Waals surface area contributed by atoms with Gasteiger partial charge in [-0.2, -0.15) is 0 Å². The third-order valence-corrected chi connectivity index (χ3v) is 4.86. The lowest BCUT2D eigenvalue weighted by molar-refractivity contribution is -0.127. The fourth-order valence-electron chi connectivity index (χ4n) is 2.90. The highest BCUT2D eigenvalue weighted by molar-refractivity contribution is 14.0. The van der Waals surface area contributed by atoms with Crippen molar-refractivity contribution >= 4 is 35.8 Å². The van der Waals surface area contributed by atoms with Crippen molar-refractivity contribution in [2.45, 2.75) is 45.1 Å². The molecule has 0 bridgehead atoms. The van der Waals surface area contributed by atoms with E-state index in [1.54, 1.807) is 19.0 Å². The van der Waals surface area contributed by atoms with Crippen molar-refractivity contribution in [1.29, 1.82) is 0 Å². The molecular formula is C21H35IN4O2. The summed E-state index contributed by atoms with van der Waals surface area (Å²) >= 11 is 0. The summed E-state index contributed by atoms with van der Waals surface area (Å²) in [6.07, 6.45) is 3.62. The Labute approximate surface area is 186 Å². The SMILES string of the molecule is Cc1ccc(C(C)CNC(=NCC(=O)N(C)C)NCC2CCCCO2)cc1.I. The number of hydrogen-bond donors (Lipinski definition) is 2. The number of ether oxygens (including phenoxy) is 1. The van der Waals surface area contributed by atoms with Crippen LogP contribution in [0.1, 0.15) is 43.2 Å².